The van der Waals surface area contributed by atoms with E-state index in [-0.39, 0.29) is 0 Å². The first-order valence-electron chi connectivity index (χ1n) is 18.0. The van der Waals surface area contributed by atoms with Gasteiger partial charge in [-0.15, -0.1) is 11.3 Å². The van der Waals surface area contributed by atoms with E-state index in [0.717, 1.165) is 38.4 Å². The SMILES string of the molecule is c1ccc(-c2nc(-c3cccc(-c4cccc(-c5ccc6c7ccccc7c7ccccc7c6c5)c4)c3)c3c(n2)sc2cc4ccccc4cc23)cc1. The molecule has 0 N–H and O–H groups in total. The molecule has 0 amide bonds. The van der Waals surface area contributed by atoms with Gasteiger partial charge in [-0.2, -0.15) is 0 Å². The second kappa shape index (κ2) is 11.9. The summed E-state index contributed by atoms with van der Waals surface area (Å²) >= 11 is 1.74. The van der Waals surface area contributed by atoms with Crippen molar-refractivity contribution in [3.8, 4) is 44.9 Å². The Kier molecular flexibility index (Phi) is 6.76. The largest absolute Gasteiger partial charge is 0.227 e. The van der Waals surface area contributed by atoms with Crippen LogP contribution in [0.15, 0.2) is 182 Å². The topological polar surface area (TPSA) is 25.8 Å². The van der Waals surface area contributed by atoms with Crippen LogP contribution in [-0.2, 0) is 0 Å². The van der Waals surface area contributed by atoms with Crippen LogP contribution < -0.4 is 0 Å². The van der Waals surface area contributed by atoms with Gasteiger partial charge in [0.05, 0.1) is 5.69 Å². The van der Waals surface area contributed by atoms with E-state index in [9.17, 15) is 0 Å². The Morgan fingerprint density at radius 2 is 0.830 bits per heavy atom. The van der Waals surface area contributed by atoms with Crippen molar-refractivity contribution in [1.29, 1.82) is 0 Å². The monoisotopic (exact) mass is 690 g/mol. The molecular formula is C50H30N2S. The summed E-state index contributed by atoms with van der Waals surface area (Å²) in [6.07, 6.45) is 0. The molecule has 2 nitrogen and oxygen atoms in total. The molecular weight excluding hydrogens is 661 g/mol. The van der Waals surface area contributed by atoms with E-state index in [2.05, 4.69) is 164 Å². The van der Waals surface area contributed by atoms with Gasteiger partial charge in [-0.25, -0.2) is 9.97 Å². The van der Waals surface area contributed by atoms with Crippen molar-refractivity contribution in [2.24, 2.45) is 0 Å². The summed E-state index contributed by atoms with van der Waals surface area (Å²) in [6.45, 7) is 0. The maximum Gasteiger partial charge on any atom is 0.161 e. The maximum atomic E-state index is 5.31. The first-order chi connectivity index (χ1) is 26.2. The van der Waals surface area contributed by atoms with Gasteiger partial charge in [-0.3, -0.25) is 0 Å². The molecule has 0 atom stereocenters. The second-order valence-electron chi connectivity index (χ2n) is 13.8. The van der Waals surface area contributed by atoms with Gasteiger partial charge in [0.15, 0.2) is 5.82 Å². The van der Waals surface area contributed by atoms with Gasteiger partial charge in [-0.05, 0) is 95.7 Å². The van der Waals surface area contributed by atoms with E-state index in [0.29, 0.717) is 0 Å². The van der Waals surface area contributed by atoms with E-state index < -0.39 is 0 Å². The first-order valence-corrected chi connectivity index (χ1v) is 18.8. The lowest BCUT2D eigenvalue weighted by Gasteiger charge is -2.13. The summed E-state index contributed by atoms with van der Waals surface area (Å²) in [6, 6.07) is 65.7. The Morgan fingerprint density at radius 1 is 0.321 bits per heavy atom. The standard InChI is InChI=1S/C50H30N2S/c1-2-12-31(13-3-1)49-51-48(47-45-29-35-14-4-5-15-36(35)30-46(45)53-50(47)52-49)38-19-11-18-34(27-38)32-16-10-17-33(26-32)37-24-25-43-41-22-7-6-20-39(41)40-21-8-9-23-42(40)44(43)28-37/h1-30H. The van der Waals surface area contributed by atoms with E-state index >= 15 is 0 Å². The number of rotatable bonds is 4. The molecule has 2 aromatic heterocycles. The third-order valence-electron chi connectivity index (χ3n) is 10.6. The fraction of sp³-hybridized carbons (Fsp3) is 0. The van der Waals surface area contributed by atoms with Gasteiger partial charge in [0.25, 0.3) is 0 Å². The average molecular weight is 691 g/mol. The minimum absolute atomic E-state index is 0.744. The van der Waals surface area contributed by atoms with E-state index in [1.165, 1.54) is 69.9 Å². The number of hydrogen-bond donors (Lipinski definition) is 0. The zero-order chi connectivity index (χ0) is 34.9. The Bertz CT molecular complexity index is 3200. The van der Waals surface area contributed by atoms with Crippen molar-refractivity contribution < 1.29 is 0 Å². The Labute approximate surface area is 310 Å². The lowest BCUT2D eigenvalue weighted by molar-refractivity contribution is 1.24. The Hall–Kier alpha value is -6.68. The third kappa shape index (κ3) is 4.93. The molecule has 0 bridgehead atoms. The molecule has 246 valence electrons. The fourth-order valence-electron chi connectivity index (χ4n) is 8.10. The minimum Gasteiger partial charge on any atom is -0.227 e. The highest BCUT2D eigenvalue weighted by atomic mass is 32.1. The minimum atomic E-state index is 0.744. The van der Waals surface area contributed by atoms with Crippen LogP contribution in [0.4, 0.5) is 0 Å². The number of fused-ring (bicyclic) bond motifs is 10. The summed E-state index contributed by atoms with van der Waals surface area (Å²) in [4.78, 5) is 11.5. The lowest BCUT2D eigenvalue weighted by atomic mass is 9.91. The molecule has 0 saturated carbocycles. The highest BCUT2D eigenvalue weighted by Gasteiger charge is 2.18. The molecule has 53 heavy (non-hydrogen) atoms. The predicted octanol–water partition coefficient (Wildman–Crippen LogP) is 14.1. The van der Waals surface area contributed by atoms with Crippen molar-refractivity contribution in [3.63, 3.8) is 0 Å². The van der Waals surface area contributed by atoms with Gasteiger partial charge in [0, 0.05) is 26.6 Å². The fourth-order valence-corrected chi connectivity index (χ4v) is 9.20. The summed E-state index contributed by atoms with van der Waals surface area (Å²) < 4.78 is 1.22. The quantitative estimate of drug-likeness (QED) is 0.172. The summed E-state index contributed by atoms with van der Waals surface area (Å²) in [5.41, 5.74) is 7.77. The van der Waals surface area contributed by atoms with Crippen molar-refractivity contribution in [3.05, 3.63) is 182 Å². The van der Waals surface area contributed by atoms with Crippen LogP contribution in [-0.4, -0.2) is 9.97 Å². The maximum absolute atomic E-state index is 5.31. The van der Waals surface area contributed by atoms with Crippen LogP contribution in [0, 0.1) is 0 Å². The molecule has 0 unspecified atom stereocenters. The number of hydrogen-bond acceptors (Lipinski definition) is 3. The van der Waals surface area contributed by atoms with Crippen LogP contribution in [0.25, 0.3) is 108 Å². The molecule has 11 aromatic rings. The van der Waals surface area contributed by atoms with Crippen molar-refractivity contribution >= 4 is 74.7 Å². The summed E-state index contributed by atoms with van der Waals surface area (Å²) in [5.74, 6) is 0.744. The molecule has 0 aliphatic carbocycles. The highest BCUT2D eigenvalue weighted by Crippen LogP contribution is 2.42. The molecule has 9 aromatic carbocycles. The number of aromatic nitrogens is 2. The number of thiophene rings is 1. The van der Waals surface area contributed by atoms with E-state index in [4.69, 9.17) is 9.97 Å². The van der Waals surface area contributed by atoms with Crippen LogP contribution in [0.5, 0.6) is 0 Å². The second-order valence-corrected chi connectivity index (χ2v) is 14.8. The smallest absolute Gasteiger partial charge is 0.161 e. The predicted molar refractivity (Wildman–Crippen MR) is 227 cm³/mol. The van der Waals surface area contributed by atoms with Gasteiger partial charge in [-0.1, -0.05) is 152 Å². The van der Waals surface area contributed by atoms with Gasteiger partial charge in [0.2, 0.25) is 0 Å². The van der Waals surface area contributed by atoms with Crippen molar-refractivity contribution in [2.75, 3.05) is 0 Å². The lowest BCUT2D eigenvalue weighted by Crippen LogP contribution is -1.94. The Morgan fingerprint density at radius 3 is 1.51 bits per heavy atom. The van der Waals surface area contributed by atoms with Gasteiger partial charge >= 0.3 is 0 Å². The molecule has 0 fully saturated rings. The van der Waals surface area contributed by atoms with Crippen molar-refractivity contribution in [2.45, 2.75) is 0 Å². The summed E-state index contributed by atoms with van der Waals surface area (Å²) in [5, 5.41) is 12.5. The van der Waals surface area contributed by atoms with Gasteiger partial charge < -0.3 is 0 Å². The molecule has 0 spiro atoms. The normalized spacial score (nSPS) is 11.8. The highest BCUT2D eigenvalue weighted by molar-refractivity contribution is 7.25. The number of nitrogens with zero attached hydrogens (tertiary/aromatic N) is 2. The van der Waals surface area contributed by atoms with Crippen LogP contribution in [0.1, 0.15) is 0 Å². The average Bonchev–Trinajstić information content (AvgIpc) is 3.60. The molecule has 0 saturated heterocycles. The zero-order valence-corrected chi connectivity index (χ0v) is 29.4. The van der Waals surface area contributed by atoms with Gasteiger partial charge in [0.1, 0.15) is 4.83 Å². The number of benzene rings is 9. The molecule has 0 radical (unpaired) electrons. The molecule has 3 heteroatoms. The molecule has 0 aliphatic heterocycles. The Balaban J connectivity index is 1.07. The van der Waals surface area contributed by atoms with Crippen LogP contribution in [0.3, 0.4) is 0 Å². The summed E-state index contributed by atoms with van der Waals surface area (Å²) in [7, 11) is 0. The van der Waals surface area contributed by atoms with Crippen LogP contribution >= 0.6 is 11.3 Å². The molecule has 2 heterocycles. The first kappa shape index (κ1) is 30.0. The van der Waals surface area contributed by atoms with Crippen LogP contribution in [0.2, 0.25) is 0 Å². The third-order valence-corrected chi connectivity index (χ3v) is 11.7. The van der Waals surface area contributed by atoms with E-state index in [1.54, 1.807) is 11.3 Å². The molecule has 0 aliphatic rings. The van der Waals surface area contributed by atoms with E-state index in [1.807, 2.05) is 18.2 Å². The zero-order valence-electron chi connectivity index (χ0n) is 28.6. The molecule has 11 rings (SSSR count). The van der Waals surface area contributed by atoms with Crippen molar-refractivity contribution in [1.82, 2.24) is 9.97 Å².